The molecule has 0 amide bonds. The van der Waals surface area contributed by atoms with E-state index < -0.39 is 26.6 Å². The summed E-state index contributed by atoms with van der Waals surface area (Å²) in [6.07, 6.45) is 2.89. The van der Waals surface area contributed by atoms with Crippen molar-refractivity contribution in [2.24, 2.45) is 5.92 Å². The molecule has 0 bridgehead atoms. The van der Waals surface area contributed by atoms with Crippen molar-refractivity contribution in [1.82, 2.24) is 4.72 Å². The Hall–Kier alpha value is -0.570. The summed E-state index contributed by atoms with van der Waals surface area (Å²) in [6, 6.07) is 1.45. The Kier molecular flexibility index (Phi) is 5.70. The molecule has 0 spiro atoms. The number of rotatable bonds is 8. The van der Waals surface area contributed by atoms with E-state index in [2.05, 4.69) is 20.7 Å². The van der Waals surface area contributed by atoms with Crippen LogP contribution in [0.1, 0.15) is 19.3 Å². The highest BCUT2D eigenvalue weighted by Gasteiger charge is 2.23. The highest BCUT2D eigenvalue weighted by Crippen LogP contribution is 2.28. The predicted molar refractivity (Wildman–Crippen MR) is 77.4 cm³/mol. The fraction of sp³-hybridized carbons (Fsp3) is 0.538. The fourth-order valence-corrected chi connectivity index (χ4v) is 4.01. The highest BCUT2D eigenvalue weighted by molar-refractivity contribution is 9.10. The largest absolute Gasteiger partial charge is 0.381 e. The maximum atomic E-state index is 13.6. The summed E-state index contributed by atoms with van der Waals surface area (Å²) >= 11 is 2.87. The van der Waals surface area contributed by atoms with Crippen LogP contribution >= 0.6 is 15.9 Å². The molecule has 0 aromatic heterocycles. The molecule has 0 saturated heterocycles. The molecule has 118 valence electrons. The molecular formula is C13H16BrF2NO3S. The van der Waals surface area contributed by atoms with E-state index in [-0.39, 0.29) is 11.0 Å². The van der Waals surface area contributed by atoms with E-state index in [4.69, 9.17) is 4.74 Å². The zero-order valence-electron chi connectivity index (χ0n) is 11.2. The Labute approximate surface area is 131 Å². The topological polar surface area (TPSA) is 55.4 Å². The molecule has 1 aromatic rings. The number of ether oxygens (including phenoxy) is 1. The van der Waals surface area contributed by atoms with Crippen molar-refractivity contribution in [1.29, 1.82) is 0 Å². The molecule has 0 radical (unpaired) electrons. The normalized spacial score (nSPS) is 15.4. The first kappa shape index (κ1) is 16.8. The van der Waals surface area contributed by atoms with Gasteiger partial charge in [-0.15, -0.1) is 0 Å². The standard InChI is InChI=1S/C13H16BrF2NO3S/c14-11-6-10(15)7-12(16)13(11)21(18,19)17-4-1-5-20-8-9-2-3-9/h6-7,9,17H,1-5,8H2. The first-order valence-corrected chi connectivity index (χ1v) is 8.90. The van der Waals surface area contributed by atoms with Crippen LogP contribution in [-0.2, 0) is 14.8 Å². The SMILES string of the molecule is O=S(=O)(NCCCOCC1CC1)c1c(F)cc(F)cc1Br. The van der Waals surface area contributed by atoms with E-state index in [1.165, 1.54) is 12.8 Å². The molecule has 0 atom stereocenters. The van der Waals surface area contributed by atoms with Gasteiger partial charge in [0.2, 0.25) is 10.0 Å². The minimum absolute atomic E-state index is 0.135. The van der Waals surface area contributed by atoms with E-state index in [9.17, 15) is 17.2 Å². The number of halogens is 3. The van der Waals surface area contributed by atoms with E-state index in [0.29, 0.717) is 31.6 Å². The van der Waals surface area contributed by atoms with Crippen LogP contribution in [0.15, 0.2) is 21.5 Å². The quantitative estimate of drug-likeness (QED) is 0.702. The van der Waals surface area contributed by atoms with Gasteiger partial charge in [-0.25, -0.2) is 21.9 Å². The van der Waals surface area contributed by atoms with Gasteiger partial charge in [0.05, 0.1) is 0 Å². The van der Waals surface area contributed by atoms with Gasteiger partial charge >= 0.3 is 0 Å². The van der Waals surface area contributed by atoms with Crippen molar-refractivity contribution in [3.8, 4) is 0 Å². The van der Waals surface area contributed by atoms with E-state index in [0.717, 1.165) is 6.07 Å². The number of hydrogen-bond acceptors (Lipinski definition) is 3. The fourth-order valence-electron chi connectivity index (χ4n) is 1.77. The van der Waals surface area contributed by atoms with Gasteiger partial charge in [-0.05, 0) is 47.2 Å². The maximum Gasteiger partial charge on any atom is 0.244 e. The molecule has 1 aliphatic rings. The summed E-state index contributed by atoms with van der Waals surface area (Å²) in [7, 11) is -4.02. The maximum absolute atomic E-state index is 13.6. The van der Waals surface area contributed by atoms with Crippen LogP contribution in [0.25, 0.3) is 0 Å². The Morgan fingerprint density at radius 2 is 2.05 bits per heavy atom. The van der Waals surface area contributed by atoms with Crippen molar-refractivity contribution in [3.63, 3.8) is 0 Å². The lowest BCUT2D eigenvalue weighted by atomic mass is 10.3. The molecule has 1 fully saturated rings. The van der Waals surface area contributed by atoms with Gasteiger partial charge in [-0.3, -0.25) is 0 Å². The summed E-state index contributed by atoms with van der Waals surface area (Å²) in [4.78, 5) is -0.581. The van der Waals surface area contributed by atoms with Crippen LogP contribution in [0.4, 0.5) is 8.78 Å². The van der Waals surface area contributed by atoms with Crippen LogP contribution in [0.5, 0.6) is 0 Å². The number of nitrogens with one attached hydrogen (secondary N) is 1. The molecule has 4 nitrogen and oxygen atoms in total. The van der Waals surface area contributed by atoms with Gasteiger partial charge in [0.25, 0.3) is 0 Å². The lowest BCUT2D eigenvalue weighted by molar-refractivity contribution is 0.123. The van der Waals surface area contributed by atoms with Gasteiger partial charge in [0, 0.05) is 30.3 Å². The van der Waals surface area contributed by atoms with Gasteiger partial charge in [-0.1, -0.05) is 0 Å². The zero-order valence-corrected chi connectivity index (χ0v) is 13.6. The minimum atomic E-state index is -4.02. The van der Waals surface area contributed by atoms with Crippen LogP contribution in [0.2, 0.25) is 0 Å². The van der Waals surface area contributed by atoms with Gasteiger partial charge in [0.1, 0.15) is 16.5 Å². The summed E-state index contributed by atoms with van der Waals surface area (Å²) in [5.41, 5.74) is 0. The predicted octanol–water partition coefficient (Wildman–Crippen LogP) is 2.82. The average molecular weight is 384 g/mol. The molecule has 0 heterocycles. The Balaban J connectivity index is 1.86. The Morgan fingerprint density at radius 1 is 1.33 bits per heavy atom. The van der Waals surface area contributed by atoms with Crippen LogP contribution in [0, 0.1) is 17.6 Å². The van der Waals surface area contributed by atoms with Gasteiger partial charge in [-0.2, -0.15) is 0 Å². The van der Waals surface area contributed by atoms with Crippen molar-refractivity contribution < 1.29 is 21.9 Å². The summed E-state index contributed by atoms with van der Waals surface area (Å²) in [5, 5.41) is 0. The molecule has 1 aromatic carbocycles. The third-order valence-corrected chi connectivity index (χ3v) is 5.46. The second-order valence-electron chi connectivity index (χ2n) is 4.97. The van der Waals surface area contributed by atoms with E-state index >= 15 is 0 Å². The van der Waals surface area contributed by atoms with Gasteiger partial charge < -0.3 is 4.74 Å². The summed E-state index contributed by atoms with van der Waals surface area (Å²) in [6.45, 7) is 1.30. The van der Waals surface area contributed by atoms with Crippen LogP contribution in [-0.4, -0.2) is 28.2 Å². The van der Waals surface area contributed by atoms with Crippen molar-refractivity contribution in [2.45, 2.75) is 24.2 Å². The monoisotopic (exact) mass is 383 g/mol. The van der Waals surface area contributed by atoms with Crippen molar-refractivity contribution in [3.05, 3.63) is 28.2 Å². The number of hydrogen-bond donors (Lipinski definition) is 1. The molecule has 0 unspecified atom stereocenters. The molecule has 1 saturated carbocycles. The summed E-state index contributed by atoms with van der Waals surface area (Å²) < 4.78 is 58.1. The lowest BCUT2D eigenvalue weighted by Crippen LogP contribution is -2.27. The molecule has 1 N–H and O–H groups in total. The Morgan fingerprint density at radius 3 is 2.67 bits per heavy atom. The molecule has 21 heavy (non-hydrogen) atoms. The second kappa shape index (κ2) is 7.13. The molecule has 1 aliphatic carbocycles. The van der Waals surface area contributed by atoms with Crippen molar-refractivity contribution >= 4 is 26.0 Å². The third kappa shape index (κ3) is 4.98. The number of sulfonamides is 1. The Bertz CT molecular complexity index is 582. The first-order chi connectivity index (χ1) is 9.90. The van der Waals surface area contributed by atoms with Gasteiger partial charge in [0.15, 0.2) is 0 Å². The lowest BCUT2D eigenvalue weighted by Gasteiger charge is -2.10. The summed E-state index contributed by atoms with van der Waals surface area (Å²) in [5.74, 6) is -1.31. The van der Waals surface area contributed by atoms with Crippen LogP contribution in [0.3, 0.4) is 0 Å². The molecule has 0 aliphatic heterocycles. The molecular weight excluding hydrogens is 368 g/mol. The van der Waals surface area contributed by atoms with Crippen LogP contribution < -0.4 is 4.72 Å². The highest BCUT2D eigenvalue weighted by atomic mass is 79.9. The average Bonchev–Trinajstić information content (AvgIpc) is 3.15. The molecule has 2 rings (SSSR count). The third-order valence-electron chi connectivity index (χ3n) is 3.04. The van der Waals surface area contributed by atoms with E-state index in [1.807, 2.05) is 0 Å². The number of benzene rings is 1. The second-order valence-corrected chi connectivity index (χ2v) is 7.53. The minimum Gasteiger partial charge on any atom is -0.381 e. The zero-order chi connectivity index (χ0) is 15.5. The first-order valence-electron chi connectivity index (χ1n) is 6.62. The molecule has 8 heteroatoms. The van der Waals surface area contributed by atoms with E-state index in [1.54, 1.807) is 0 Å². The smallest absolute Gasteiger partial charge is 0.244 e. The van der Waals surface area contributed by atoms with Crippen molar-refractivity contribution in [2.75, 3.05) is 19.8 Å².